The van der Waals surface area contributed by atoms with E-state index in [9.17, 15) is 9.59 Å². The van der Waals surface area contributed by atoms with Gasteiger partial charge in [-0.25, -0.2) is 0 Å². The third-order valence-electron chi connectivity index (χ3n) is 3.20. The number of aromatic nitrogens is 1. The highest BCUT2D eigenvalue weighted by Gasteiger charge is 2.23. The lowest BCUT2D eigenvalue weighted by Gasteiger charge is -2.11. The van der Waals surface area contributed by atoms with Crippen molar-refractivity contribution in [2.75, 3.05) is 0 Å². The van der Waals surface area contributed by atoms with Crippen LogP contribution in [0.3, 0.4) is 0 Å². The van der Waals surface area contributed by atoms with Crippen LogP contribution in [0.25, 0.3) is 10.9 Å². The Labute approximate surface area is 115 Å². The first-order valence-corrected chi connectivity index (χ1v) is 6.60. The summed E-state index contributed by atoms with van der Waals surface area (Å²) >= 11 is 5.93. The van der Waals surface area contributed by atoms with E-state index in [1.165, 1.54) is 4.57 Å². The number of pyridine rings is 1. The fourth-order valence-electron chi connectivity index (χ4n) is 2.09. The van der Waals surface area contributed by atoms with E-state index >= 15 is 0 Å². The predicted octanol–water partition coefficient (Wildman–Crippen LogP) is 1.93. The second-order valence-corrected chi connectivity index (χ2v) is 5.19. The Balaban J connectivity index is 2.02. The Morgan fingerprint density at radius 3 is 2.84 bits per heavy atom. The van der Waals surface area contributed by atoms with E-state index in [0.717, 1.165) is 23.7 Å². The average Bonchev–Trinajstić information content (AvgIpc) is 3.19. The third kappa shape index (κ3) is 2.49. The van der Waals surface area contributed by atoms with Gasteiger partial charge in [0.25, 0.3) is 5.56 Å². The molecule has 1 aromatic carbocycles. The van der Waals surface area contributed by atoms with E-state index in [1.807, 2.05) is 24.3 Å². The molecule has 1 N–H and O–H groups in total. The Bertz CT molecular complexity index is 704. The van der Waals surface area contributed by atoms with Crippen LogP contribution in [0.2, 0.25) is 5.02 Å². The molecule has 1 aliphatic carbocycles. The van der Waals surface area contributed by atoms with Crippen LogP contribution in [-0.4, -0.2) is 16.5 Å². The van der Waals surface area contributed by atoms with Gasteiger partial charge >= 0.3 is 0 Å². The molecule has 19 heavy (non-hydrogen) atoms. The zero-order chi connectivity index (χ0) is 13.4. The van der Waals surface area contributed by atoms with Crippen molar-refractivity contribution in [2.24, 2.45) is 0 Å². The van der Waals surface area contributed by atoms with Crippen molar-refractivity contribution < 1.29 is 4.79 Å². The second kappa shape index (κ2) is 4.70. The van der Waals surface area contributed by atoms with Gasteiger partial charge < -0.3 is 5.32 Å². The molecule has 1 amide bonds. The molecule has 1 heterocycles. The van der Waals surface area contributed by atoms with Crippen LogP contribution in [-0.2, 0) is 11.3 Å². The fraction of sp³-hybridized carbons (Fsp3) is 0.286. The molecule has 0 spiro atoms. The lowest BCUT2D eigenvalue weighted by Crippen LogP contribution is -2.33. The number of benzene rings is 1. The number of para-hydroxylation sites is 1. The van der Waals surface area contributed by atoms with Crippen LogP contribution in [0.5, 0.6) is 0 Å². The SMILES string of the molecule is O=C(Cn1c(=O)c(Cl)cc2ccccc21)NC1CC1. The van der Waals surface area contributed by atoms with Gasteiger partial charge in [0.1, 0.15) is 11.6 Å². The maximum Gasteiger partial charge on any atom is 0.270 e. The van der Waals surface area contributed by atoms with Gasteiger partial charge in [0.05, 0.1) is 5.52 Å². The van der Waals surface area contributed by atoms with Crippen molar-refractivity contribution in [3.63, 3.8) is 0 Å². The maximum atomic E-state index is 12.1. The highest BCUT2D eigenvalue weighted by Crippen LogP contribution is 2.19. The van der Waals surface area contributed by atoms with E-state index in [-0.39, 0.29) is 29.1 Å². The third-order valence-corrected chi connectivity index (χ3v) is 3.47. The first-order chi connectivity index (χ1) is 9.15. The van der Waals surface area contributed by atoms with Crippen LogP contribution in [0.15, 0.2) is 35.1 Å². The first kappa shape index (κ1) is 12.2. The lowest BCUT2D eigenvalue weighted by atomic mass is 10.2. The summed E-state index contributed by atoms with van der Waals surface area (Å²) in [7, 11) is 0. The van der Waals surface area contributed by atoms with Crippen LogP contribution in [0.4, 0.5) is 0 Å². The molecule has 4 nitrogen and oxygen atoms in total. The van der Waals surface area contributed by atoms with E-state index in [0.29, 0.717) is 0 Å². The number of hydrogen-bond acceptors (Lipinski definition) is 2. The van der Waals surface area contributed by atoms with E-state index < -0.39 is 0 Å². The summed E-state index contributed by atoms with van der Waals surface area (Å²) in [5.41, 5.74) is 0.397. The standard InChI is InChI=1S/C14H13ClN2O2/c15-11-7-9-3-1-2-4-12(9)17(14(11)19)8-13(18)16-10-5-6-10/h1-4,7,10H,5-6,8H2,(H,16,18). The lowest BCUT2D eigenvalue weighted by molar-refractivity contribution is -0.121. The Morgan fingerprint density at radius 1 is 1.37 bits per heavy atom. The summed E-state index contributed by atoms with van der Waals surface area (Å²) in [6.45, 7) is 0.0103. The van der Waals surface area contributed by atoms with Crippen molar-refractivity contribution in [2.45, 2.75) is 25.4 Å². The molecule has 0 radical (unpaired) electrons. The molecule has 5 heteroatoms. The molecule has 1 aliphatic rings. The minimum atomic E-state index is -0.327. The molecule has 0 aliphatic heterocycles. The molecular formula is C14H13ClN2O2. The second-order valence-electron chi connectivity index (χ2n) is 4.78. The summed E-state index contributed by atoms with van der Waals surface area (Å²) in [6, 6.07) is 9.32. The number of nitrogens with zero attached hydrogens (tertiary/aromatic N) is 1. The number of fused-ring (bicyclic) bond motifs is 1. The van der Waals surface area contributed by atoms with E-state index in [2.05, 4.69) is 5.32 Å². The number of rotatable bonds is 3. The van der Waals surface area contributed by atoms with Crippen molar-refractivity contribution in [3.05, 3.63) is 45.7 Å². The van der Waals surface area contributed by atoms with Crippen molar-refractivity contribution in [1.82, 2.24) is 9.88 Å². The quantitative estimate of drug-likeness (QED) is 0.931. The summed E-state index contributed by atoms with van der Waals surface area (Å²) in [4.78, 5) is 23.9. The van der Waals surface area contributed by atoms with Crippen LogP contribution in [0, 0.1) is 0 Å². The predicted molar refractivity (Wildman–Crippen MR) is 74.4 cm³/mol. The monoisotopic (exact) mass is 276 g/mol. The molecule has 0 bridgehead atoms. The largest absolute Gasteiger partial charge is 0.352 e. The summed E-state index contributed by atoms with van der Waals surface area (Å²) in [5, 5.41) is 3.86. The van der Waals surface area contributed by atoms with Crippen molar-refractivity contribution in [3.8, 4) is 0 Å². The summed E-state index contributed by atoms with van der Waals surface area (Å²) in [6.07, 6.45) is 2.05. The molecule has 3 rings (SSSR count). The van der Waals surface area contributed by atoms with Gasteiger partial charge in [-0.15, -0.1) is 0 Å². The number of carbonyl (C=O) groups is 1. The van der Waals surface area contributed by atoms with Crippen molar-refractivity contribution >= 4 is 28.4 Å². The zero-order valence-electron chi connectivity index (χ0n) is 10.2. The molecule has 1 fully saturated rings. The van der Waals surface area contributed by atoms with Crippen molar-refractivity contribution in [1.29, 1.82) is 0 Å². The number of amides is 1. The number of nitrogens with one attached hydrogen (secondary N) is 1. The molecule has 0 saturated heterocycles. The summed E-state index contributed by atoms with van der Waals surface area (Å²) < 4.78 is 1.43. The molecule has 0 atom stereocenters. The molecule has 0 unspecified atom stereocenters. The van der Waals surface area contributed by atoms with Gasteiger partial charge in [0.15, 0.2) is 0 Å². The number of carbonyl (C=O) groups excluding carboxylic acids is 1. The molecular weight excluding hydrogens is 264 g/mol. The van der Waals surface area contributed by atoms with Gasteiger partial charge in [-0.2, -0.15) is 0 Å². The maximum absolute atomic E-state index is 12.1. The molecule has 98 valence electrons. The molecule has 1 saturated carbocycles. The van der Waals surface area contributed by atoms with Gasteiger partial charge in [-0.3, -0.25) is 14.2 Å². The van der Waals surface area contributed by atoms with Gasteiger partial charge in [-0.05, 0) is 30.4 Å². The van der Waals surface area contributed by atoms with Crippen LogP contribution >= 0.6 is 11.6 Å². The minimum Gasteiger partial charge on any atom is -0.352 e. The van der Waals surface area contributed by atoms with Gasteiger partial charge in [-0.1, -0.05) is 29.8 Å². The Morgan fingerprint density at radius 2 is 2.11 bits per heavy atom. The fourth-order valence-corrected chi connectivity index (χ4v) is 2.31. The average molecular weight is 277 g/mol. The zero-order valence-corrected chi connectivity index (χ0v) is 11.0. The minimum absolute atomic E-state index is 0.0103. The Kier molecular flexibility index (Phi) is 3.03. The smallest absolute Gasteiger partial charge is 0.270 e. The van der Waals surface area contributed by atoms with E-state index in [4.69, 9.17) is 11.6 Å². The summed E-state index contributed by atoms with van der Waals surface area (Å²) in [5.74, 6) is -0.142. The normalized spacial score (nSPS) is 14.6. The first-order valence-electron chi connectivity index (χ1n) is 6.22. The van der Waals surface area contributed by atoms with Crippen LogP contribution < -0.4 is 10.9 Å². The van der Waals surface area contributed by atoms with Crippen LogP contribution in [0.1, 0.15) is 12.8 Å². The molecule has 1 aromatic heterocycles. The molecule has 2 aromatic rings. The number of halogens is 1. The topological polar surface area (TPSA) is 51.1 Å². The van der Waals surface area contributed by atoms with Gasteiger partial charge in [0.2, 0.25) is 5.91 Å². The highest BCUT2D eigenvalue weighted by molar-refractivity contribution is 6.31. The van der Waals surface area contributed by atoms with Gasteiger partial charge in [0, 0.05) is 6.04 Å². The van der Waals surface area contributed by atoms with E-state index in [1.54, 1.807) is 6.07 Å². The number of hydrogen-bond donors (Lipinski definition) is 1. The highest BCUT2D eigenvalue weighted by atomic mass is 35.5. The Hall–Kier alpha value is -1.81.